The van der Waals surface area contributed by atoms with Crippen molar-refractivity contribution in [1.29, 1.82) is 0 Å². The first kappa shape index (κ1) is 15.7. The molecule has 0 amide bonds. The van der Waals surface area contributed by atoms with Crippen LogP contribution in [-0.2, 0) is 72.4 Å². The van der Waals surface area contributed by atoms with Crippen molar-refractivity contribution >= 4 is 13.4 Å². The molecule has 0 fully saturated rings. The van der Waals surface area contributed by atoms with Gasteiger partial charge in [0.15, 0.2) is 0 Å². The van der Waals surface area contributed by atoms with Crippen molar-refractivity contribution in [1.82, 2.24) is 0 Å². The second-order valence-corrected chi connectivity index (χ2v) is 13.6. The molecule has 0 N–H and O–H groups in total. The molecule has 0 aliphatic rings. The quantitative estimate of drug-likeness (QED) is 0.309. The molecule has 0 spiro atoms. The zero-order chi connectivity index (χ0) is 2.71. The second kappa shape index (κ2) is 15.7. The summed E-state index contributed by atoms with van der Waals surface area (Å²) in [5, 5.41) is 0. The molecule has 0 aliphatic carbocycles. The molecule has 5 heavy (non-hydrogen) atoms. The molecule has 0 nitrogen and oxygen atoms in total. The van der Waals surface area contributed by atoms with Gasteiger partial charge in [0.05, 0.1) is 0 Å². The zero-order valence-corrected chi connectivity index (χ0v) is 13.8. The molecule has 31 valence electrons. The Morgan fingerprint density at radius 2 is 1.40 bits per heavy atom. The van der Waals surface area contributed by atoms with E-state index in [2.05, 4.69) is 30.2 Å². The molecule has 0 heterocycles. The van der Waals surface area contributed by atoms with E-state index in [9.17, 15) is 0 Å². The van der Waals surface area contributed by atoms with Crippen LogP contribution < -0.4 is 0 Å². The summed E-state index contributed by atoms with van der Waals surface area (Å²) in [6.07, 6.45) is 0. The largest absolute Gasteiger partial charge is 0 e. The van der Waals surface area contributed by atoms with Crippen LogP contribution in [0.3, 0.4) is 0 Å². The monoisotopic (exact) mass is 645 g/mol. The van der Waals surface area contributed by atoms with Crippen LogP contribution in [0.2, 0.25) is 0 Å². The van der Waals surface area contributed by atoms with E-state index in [1.54, 1.807) is 0 Å². The van der Waals surface area contributed by atoms with Crippen LogP contribution in [-0.4, -0.2) is 13.4 Å². The predicted octanol–water partition coefficient (Wildman–Crippen LogP) is -0.659. The van der Waals surface area contributed by atoms with Crippen molar-refractivity contribution in [3.8, 4) is 0 Å². The van der Waals surface area contributed by atoms with E-state index in [-0.39, 0.29) is 42.1 Å². The van der Waals surface area contributed by atoms with Crippen LogP contribution in [0.15, 0.2) is 0 Å². The van der Waals surface area contributed by atoms with E-state index >= 15 is 0 Å². The van der Waals surface area contributed by atoms with E-state index in [1.807, 2.05) is 0 Å². The molecule has 0 aromatic carbocycles. The Hall–Kier alpha value is 3.27. The molecule has 5 heteroatoms. The van der Waals surface area contributed by atoms with E-state index in [0.717, 1.165) is 0 Å². The molecule has 0 rings (SSSR count). The predicted molar refractivity (Wildman–Crippen MR) is 7.15 cm³/mol. The minimum absolute atomic E-state index is 0. The maximum Gasteiger partial charge on any atom is 0 e. The minimum atomic E-state index is 0. The topological polar surface area (TPSA) is 0 Å². The zero-order valence-electron chi connectivity index (χ0n) is 2.08. The molecule has 0 saturated heterocycles. The summed E-state index contributed by atoms with van der Waals surface area (Å²) in [6.45, 7) is 0. The van der Waals surface area contributed by atoms with Crippen LogP contribution in [0, 0.1) is 0 Å². The van der Waals surface area contributed by atoms with Gasteiger partial charge >= 0.3 is 43.7 Å². The summed E-state index contributed by atoms with van der Waals surface area (Å²) in [5.74, 6) is 0. The second-order valence-electron chi connectivity index (χ2n) is 0.0745. The third-order valence-electron chi connectivity index (χ3n) is 0. The molecule has 0 saturated carbocycles. The standard InChI is InChI=1S/2Mo.H2Se.2W/h;;1H2;;/q;+1;;;/p-1. The molecule has 0 atom stereocenters. The van der Waals surface area contributed by atoms with Gasteiger partial charge in [-0.2, -0.15) is 0 Å². The maximum absolute atomic E-state index is 2.60. The smallest absolute Gasteiger partial charge is 0 e. The molecule has 0 radical (unpaired) electrons. The Bertz CT molecular complexity index is 7.61. The number of hydrogen-bond acceptors (Lipinski definition) is 0. The fourth-order valence-electron chi connectivity index (χ4n) is 0. The summed E-state index contributed by atoms with van der Waals surface area (Å²) in [6, 6.07) is 0. The first-order chi connectivity index (χ1) is 1.41. The molecular formula is HMo2SeW2. The summed E-state index contributed by atoms with van der Waals surface area (Å²) in [7, 11) is 0. The summed E-state index contributed by atoms with van der Waals surface area (Å²) in [4.78, 5) is 0. The molecule has 0 unspecified atom stereocenters. The third-order valence-corrected chi connectivity index (χ3v) is 0. The Labute approximate surface area is 84.0 Å². The summed E-state index contributed by atoms with van der Waals surface area (Å²) < 4.78 is 0. The van der Waals surface area contributed by atoms with Crippen LogP contribution in [0.25, 0.3) is 0 Å². The van der Waals surface area contributed by atoms with Gasteiger partial charge in [0, 0.05) is 42.1 Å². The van der Waals surface area contributed by atoms with Crippen LogP contribution in [0.1, 0.15) is 0 Å². The van der Waals surface area contributed by atoms with Crippen molar-refractivity contribution in [3.63, 3.8) is 0 Å². The maximum atomic E-state index is 2.60. The van der Waals surface area contributed by atoms with Crippen LogP contribution >= 0.6 is 0 Å². The average molecular weight is 640 g/mol. The molecule has 0 aromatic heterocycles. The molecule has 0 aromatic rings. The third kappa shape index (κ3) is 18.9. The van der Waals surface area contributed by atoms with Gasteiger partial charge in [0.1, 0.15) is 0 Å². The minimum Gasteiger partial charge on any atom is 0 e. The molecule has 0 bridgehead atoms. The van der Waals surface area contributed by atoms with Gasteiger partial charge in [-0.05, 0) is 0 Å². The van der Waals surface area contributed by atoms with Crippen molar-refractivity contribution in [2.45, 2.75) is 0 Å². The SMILES string of the molecule is [SeH][Mo][Mo].[W].[W]. The van der Waals surface area contributed by atoms with Gasteiger partial charge in [-0.3, -0.25) is 0 Å². The Balaban J connectivity index is -0.0000000200. The Morgan fingerprint density at radius 1 is 1.40 bits per heavy atom. The van der Waals surface area contributed by atoms with Gasteiger partial charge < -0.3 is 0 Å². The normalized spacial score (nSPS) is 3.40. The van der Waals surface area contributed by atoms with E-state index in [1.165, 1.54) is 0 Å². The fourth-order valence-corrected chi connectivity index (χ4v) is 0. The number of hydrogen-bond donors (Lipinski definition) is 0. The fraction of sp³-hybridized carbons (Fsp3) is 0. The van der Waals surface area contributed by atoms with Gasteiger partial charge in [-0.1, -0.05) is 0 Å². The van der Waals surface area contributed by atoms with Crippen molar-refractivity contribution in [2.75, 3.05) is 0 Å². The van der Waals surface area contributed by atoms with Gasteiger partial charge in [-0.15, -0.1) is 0 Å². The van der Waals surface area contributed by atoms with E-state index in [4.69, 9.17) is 0 Å². The van der Waals surface area contributed by atoms with Crippen LogP contribution in [0.4, 0.5) is 0 Å². The van der Waals surface area contributed by atoms with Crippen LogP contribution in [0.5, 0.6) is 0 Å². The Kier molecular flexibility index (Phi) is 49.3. The van der Waals surface area contributed by atoms with Gasteiger partial charge in [0.2, 0.25) is 0 Å². The average Bonchev–Trinajstić information content (AvgIpc) is 0.918. The van der Waals surface area contributed by atoms with Gasteiger partial charge in [0.25, 0.3) is 0 Å². The molecule has 0 aliphatic heterocycles. The first-order valence-corrected chi connectivity index (χ1v) is 11.4. The summed E-state index contributed by atoms with van der Waals surface area (Å²) >= 11 is 5.19. The summed E-state index contributed by atoms with van der Waals surface area (Å²) in [5.41, 5.74) is 0. The van der Waals surface area contributed by atoms with E-state index < -0.39 is 0 Å². The van der Waals surface area contributed by atoms with E-state index in [0.29, 0.717) is 13.5 Å². The molecular weight excluding hydrogens is 639 g/mol. The van der Waals surface area contributed by atoms with Crippen molar-refractivity contribution in [2.24, 2.45) is 0 Å². The number of rotatable bonds is 0. The Morgan fingerprint density at radius 3 is 1.40 bits per heavy atom. The van der Waals surface area contributed by atoms with Crippen molar-refractivity contribution < 1.29 is 72.4 Å². The van der Waals surface area contributed by atoms with Gasteiger partial charge in [-0.25, -0.2) is 0 Å². The van der Waals surface area contributed by atoms with Crippen molar-refractivity contribution in [3.05, 3.63) is 0 Å². The first-order valence-electron chi connectivity index (χ1n) is 0.349.